The molecule has 0 bridgehead atoms. The summed E-state index contributed by atoms with van der Waals surface area (Å²) in [5.41, 5.74) is 7.45. The number of hydrogen-bond acceptors (Lipinski definition) is 6. The van der Waals surface area contributed by atoms with E-state index in [0.717, 1.165) is 28.5 Å². The van der Waals surface area contributed by atoms with Gasteiger partial charge < -0.3 is 32.2 Å². The molecule has 0 saturated carbocycles. The predicted molar refractivity (Wildman–Crippen MR) is 68.0 cm³/mol. The Morgan fingerprint density at radius 2 is 1.89 bits per heavy atom. The summed E-state index contributed by atoms with van der Waals surface area (Å²) >= 11 is 1.48. The van der Waals surface area contributed by atoms with Crippen LogP contribution in [-0.4, -0.2) is 29.8 Å². The predicted octanol–water partition coefficient (Wildman–Crippen LogP) is -1.77. The quantitative estimate of drug-likeness (QED) is 0.662. The minimum Gasteiger partial charge on any atom is -1.00 e. The molecule has 0 atom stereocenters. The first-order valence-corrected chi connectivity index (χ1v) is 6.24. The van der Waals surface area contributed by atoms with E-state index in [4.69, 9.17) is 15.2 Å². The van der Waals surface area contributed by atoms with E-state index in [1.54, 1.807) is 0 Å². The van der Waals surface area contributed by atoms with Gasteiger partial charge in [-0.25, -0.2) is 0 Å². The number of rotatable bonds is 1. The summed E-state index contributed by atoms with van der Waals surface area (Å²) < 4.78 is 11.0. The first-order chi connectivity index (χ1) is 8.33. The monoisotopic (exact) mass is 328 g/mol. The molecule has 18 heavy (non-hydrogen) atoms. The fourth-order valence-electron chi connectivity index (χ4n) is 1.67. The number of fused-ring (bicyclic) bond motifs is 1. The molecular weight excluding hydrogens is 318 g/mol. The lowest BCUT2D eigenvalue weighted by Gasteiger charge is -2.19. The van der Waals surface area contributed by atoms with Crippen LogP contribution in [0.25, 0.3) is 0 Å². The zero-order chi connectivity index (χ0) is 11.7. The summed E-state index contributed by atoms with van der Waals surface area (Å²) in [6, 6.07) is 5.80. The Balaban J connectivity index is 0.00000120. The third-order valence-electron chi connectivity index (χ3n) is 2.50. The average molecular weight is 329 g/mol. The fourth-order valence-corrected chi connectivity index (χ4v) is 2.28. The van der Waals surface area contributed by atoms with Crippen LogP contribution in [0.3, 0.4) is 0 Å². The smallest absolute Gasteiger partial charge is 0.180 e. The number of nitrogens with zero attached hydrogens (tertiary/aromatic N) is 2. The normalized spacial score (nSPS) is 17.3. The summed E-state index contributed by atoms with van der Waals surface area (Å²) in [7, 11) is 0. The summed E-state index contributed by atoms with van der Waals surface area (Å²) in [5.74, 6) is 2.28. The molecule has 0 spiro atoms. The molecule has 0 aromatic heterocycles. The van der Waals surface area contributed by atoms with Crippen molar-refractivity contribution >= 4 is 22.6 Å². The maximum absolute atomic E-state index is 5.55. The molecule has 0 unspecified atom stereocenters. The van der Waals surface area contributed by atoms with E-state index in [-0.39, 0.29) is 17.0 Å². The maximum atomic E-state index is 5.55. The minimum absolute atomic E-state index is 0. The molecule has 2 aliphatic heterocycles. The molecule has 2 heterocycles. The lowest BCUT2D eigenvalue weighted by Crippen LogP contribution is -3.00. The number of ether oxygens (including phenoxy) is 2. The van der Waals surface area contributed by atoms with Gasteiger partial charge in [0.15, 0.2) is 16.7 Å². The summed E-state index contributed by atoms with van der Waals surface area (Å²) in [5, 5.41) is 8.47. The van der Waals surface area contributed by atoms with Crippen molar-refractivity contribution in [2.24, 2.45) is 15.9 Å². The number of thioether (sulfide) groups is 1. The van der Waals surface area contributed by atoms with Crippen LogP contribution in [-0.2, 0) is 0 Å². The van der Waals surface area contributed by atoms with E-state index in [1.807, 2.05) is 18.2 Å². The number of benzene rings is 1. The number of amidine groups is 1. The average Bonchev–Trinajstić information content (AvgIpc) is 2.39. The van der Waals surface area contributed by atoms with E-state index >= 15 is 0 Å². The van der Waals surface area contributed by atoms with Gasteiger partial charge in [0.05, 0.1) is 5.71 Å². The highest BCUT2D eigenvalue weighted by molar-refractivity contribution is 8.14. The lowest BCUT2D eigenvalue weighted by molar-refractivity contribution is -0.00000405. The Kier molecular flexibility index (Phi) is 4.13. The molecule has 2 N–H and O–H groups in total. The van der Waals surface area contributed by atoms with Gasteiger partial charge in [-0.1, -0.05) is 11.8 Å². The third kappa shape index (κ3) is 2.62. The second-order valence-electron chi connectivity index (χ2n) is 3.63. The van der Waals surface area contributed by atoms with E-state index in [9.17, 15) is 0 Å². The highest BCUT2D eigenvalue weighted by atomic mass is 79.9. The SMILES string of the molecule is NC1=NN=C(c2ccc3c(c2)OCCO3)CS1.[Br-]. The van der Waals surface area contributed by atoms with Gasteiger partial charge in [0.2, 0.25) is 0 Å². The van der Waals surface area contributed by atoms with Crippen LogP contribution in [0.5, 0.6) is 11.5 Å². The van der Waals surface area contributed by atoms with Crippen LogP contribution in [0.1, 0.15) is 5.56 Å². The molecule has 0 amide bonds. The van der Waals surface area contributed by atoms with E-state index in [2.05, 4.69) is 10.2 Å². The number of hydrogen-bond donors (Lipinski definition) is 1. The van der Waals surface area contributed by atoms with Crippen molar-refractivity contribution in [3.8, 4) is 11.5 Å². The highest BCUT2D eigenvalue weighted by Crippen LogP contribution is 2.31. The maximum Gasteiger partial charge on any atom is 0.180 e. The van der Waals surface area contributed by atoms with Gasteiger partial charge in [-0.2, -0.15) is 5.10 Å². The molecule has 0 fully saturated rings. The van der Waals surface area contributed by atoms with Gasteiger partial charge in [-0.15, -0.1) is 5.10 Å². The van der Waals surface area contributed by atoms with E-state index in [1.165, 1.54) is 11.8 Å². The molecular formula is C11H11BrN3O2S-. The molecule has 1 aromatic carbocycles. The van der Waals surface area contributed by atoms with Crippen LogP contribution in [0.15, 0.2) is 28.4 Å². The van der Waals surface area contributed by atoms with Crippen LogP contribution < -0.4 is 32.2 Å². The Morgan fingerprint density at radius 3 is 2.61 bits per heavy atom. The van der Waals surface area contributed by atoms with Gasteiger partial charge in [0, 0.05) is 11.3 Å². The minimum atomic E-state index is 0. The van der Waals surface area contributed by atoms with Gasteiger partial charge >= 0.3 is 0 Å². The number of nitrogens with two attached hydrogens (primary N) is 1. The van der Waals surface area contributed by atoms with Crippen LogP contribution in [0.2, 0.25) is 0 Å². The van der Waals surface area contributed by atoms with Crippen molar-refractivity contribution in [3.63, 3.8) is 0 Å². The summed E-state index contributed by atoms with van der Waals surface area (Å²) in [4.78, 5) is 0. The summed E-state index contributed by atoms with van der Waals surface area (Å²) in [6.45, 7) is 1.19. The lowest BCUT2D eigenvalue weighted by atomic mass is 10.1. The molecule has 0 saturated heterocycles. The van der Waals surface area contributed by atoms with Gasteiger partial charge in [0.25, 0.3) is 0 Å². The van der Waals surface area contributed by atoms with Crippen LogP contribution in [0.4, 0.5) is 0 Å². The Morgan fingerprint density at radius 1 is 1.11 bits per heavy atom. The third-order valence-corrected chi connectivity index (χ3v) is 3.30. The Labute approximate surface area is 119 Å². The van der Waals surface area contributed by atoms with Gasteiger partial charge in [-0.3, -0.25) is 0 Å². The molecule has 3 rings (SSSR count). The van der Waals surface area contributed by atoms with Crippen molar-refractivity contribution in [1.29, 1.82) is 0 Å². The Bertz CT molecular complexity index is 519. The van der Waals surface area contributed by atoms with Crippen molar-refractivity contribution < 1.29 is 26.5 Å². The Hall–Kier alpha value is -1.21. The van der Waals surface area contributed by atoms with E-state index in [0.29, 0.717) is 18.4 Å². The topological polar surface area (TPSA) is 69.2 Å². The zero-order valence-corrected chi connectivity index (χ0v) is 11.8. The molecule has 1 aromatic rings. The van der Waals surface area contributed by atoms with Crippen molar-refractivity contribution in [3.05, 3.63) is 23.8 Å². The van der Waals surface area contributed by atoms with E-state index < -0.39 is 0 Å². The summed E-state index contributed by atoms with van der Waals surface area (Å²) in [6.07, 6.45) is 0. The molecule has 0 aliphatic carbocycles. The van der Waals surface area contributed by atoms with Crippen molar-refractivity contribution in [1.82, 2.24) is 0 Å². The van der Waals surface area contributed by atoms with Gasteiger partial charge in [-0.05, 0) is 18.2 Å². The standard InChI is InChI=1S/C11H11N3O2S.BrH/c12-11-14-13-8(6-17-11)7-1-2-9-10(5-7)16-4-3-15-9;/h1-2,5H,3-4,6H2,(H2,12,14);1H/p-1. The van der Waals surface area contributed by atoms with Gasteiger partial charge in [0.1, 0.15) is 13.2 Å². The van der Waals surface area contributed by atoms with Crippen LogP contribution >= 0.6 is 11.8 Å². The molecule has 2 aliphatic rings. The molecule has 7 heteroatoms. The van der Waals surface area contributed by atoms with Crippen LogP contribution in [0, 0.1) is 0 Å². The molecule has 96 valence electrons. The van der Waals surface area contributed by atoms with Crippen molar-refractivity contribution in [2.45, 2.75) is 0 Å². The largest absolute Gasteiger partial charge is 1.00 e. The first-order valence-electron chi connectivity index (χ1n) is 5.26. The highest BCUT2D eigenvalue weighted by Gasteiger charge is 2.15. The first kappa shape index (κ1) is 13.2. The second-order valence-corrected chi connectivity index (χ2v) is 4.63. The molecule has 0 radical (unpaired) electrons. The second kappa shape index (κ2) is 5.62. The van der Waals surface area contributed by atoms with Crippen molar-refractivity contribution in [2.75, 3.05) is 19.0 Å². The molecule has 5 nitrogen and oxygen atoms in total. The zero-order valence-electron chi connectivity index (χ0n) is 9.43. The fraction of sp³-hybridized carbons (Fsp3) is 0.273. The number of halogens is 1.